The molecular weight excluding hydrogens is 372 g/mol. The van der Waals surface area contributed by atoms with Crippen molar-refractivity contribution >= 4 is 33.5 Å². The van der Waals surface area contributed by atoms with Crippen molar-refractivity contribution in [2.75, 3.05) is 4.90 Å². The van der Waals surface area contributed by atoms with E-state index in [-0.39, 0.29) is 18.4 Å². The molecule has 126 valence electrons. The number of nitriles is 1. The molecule has 1 atom stereocenters. The Morgan fingerprint density at radius 2 is 2.17 bits per heavy atom. The van der Waals surface area contributed by atoms with Crippen LogP contribution < -0.4 is 4.90 Å². The number of aliphatic carboxylic acids is 1. The number of anilines is 1. The highest BCUT2D eigenvalue weighted by atomic mass is 79.9. The second-order valence-electron chi connectivity index (χ2n) is 5.84. The number of halogens is 1. The van der Waals surface area contributed by atoms with E-state index < -0.39 is 5.97 Å². The predicted molar refractivity (Wildman–Crippen MR) is 94.6 cm³/mol. The van der Waals surface area contributed by atoms with E-state index in [1.54, 1.807) is 23.1 Å². The Morgan fingerprint density at radius 3 is 2.71 bits per heavy atom. The van der Waals surface area contributed by atoms with Crippen LogP contribution in [-0.2, 0) is 9.59 Å². The molecule has 1 aromatic carbocycles. The first-order valence-corrected chi connectivity index (χ1v) is 8.64. The van der Waals surface area contributed by atoms with Gasteiger partial charge in [0.1, 0.15) is 0 Å². The van der Waals surface area contributed by atoms with Crippen molar-refractivity contribution in [3.63, 3.8) is 0 Å². The first-order valence-electron chi connectivity index (χ1n) is 7.85. The number of rotatable bonds is 6. The highest BCUT2D eigenvalue weighted by Crippen LogP contribution is 2.38. The number of nitrogens with zero attached hydrogens (tertiary/aromatic N) is 2. The molecule has 0 bridgehead atoms. The van der Waals surface area contributed by atoms with E-state index in [2.05, 4.69) is 28.9 Å². The third kappa shape index (κ3) is 3.51. The molecular formula is C18H19BrN2O3. The minimum atomic E-state index is -1.01. The molecule has 0 saturated carbocycles. The zero-order valence-corrected chi connectivity index (χ0v) is 15.3. The van der Waals surface area contributed by atoms with Crippen LogP contribution in [-0.4, -0.2) is 23.0 Å². The maximum absolute atomic E-state index is 12.9. The minimum Gasteiger partial charge on any atom is -0.481 e. The maximum atomic E-state index is 12.9. The molecule has 6 heteroatoms. The summed E-state index contributed by atoms with van der Waals surface area (Å²) in [6, 6.07) is 6.99. The number of carboxylic acid groups (broad SMARTS) is 1. The SMILES string of the molecule is CCCCC1C(C)=C(CC(=O)O)C(=O)N1c1ccc(C#N)cc1Br. The van der Waals surface area contributed by atoms with Gasteiger partial charge in [0.05, 0.1) is 29.8 Å². The minimum absolute atomic E-state index is 0.143. The van der Waals surface area contributed by atoms with Gasteiger partial charge in [0.2, 0.25) is 0 Å². The molecule has 2 rings (SSSR count). The smallest absolute Gasteiger partial charge is 0.308 e. The fourth-order valence-corrected chi connectivity index (χ4v) is 3.58. The maximum Gasteiger partial charge on any atom is 0.308 e. The van der Waals surface area contributed by atoms with Crippen molar-refractivity contribution in [2.24, 2.45) is 0 Å². The van der Waals surface area contributed by atoms with E-state index >= 15 is 0 Å². The molecule has 0 fully saturated rings. The van der Waals surface area contributed by atoms with Crippen molar-refractivity contribution in [3.8, 4) is 6.07 Å². The lowest BCUT2D eigenvalue weighted by molar-refractivity contribution is -0.136. The van der Waals surface area contributed by atoms with Crippen LogP contribution in [0.5, 0.6) is 0 Å². The van der Waals surface area contributed by atoms with Gasteiger partial charge in [-0.25, -0.2) is 0 Å². The number of benzene rings is 1. The number of amides is 1. The molecule has 0 aromatic heterocycles. The molecule has 1 aliphatic rings. The molecule has 1 N–H and O–H groups in total. The van der Waals surface area contributed by atoms with Gasteiger partial charge in [-0.1, -0.05) is 19.8 Å². The average molecular weight is 391 g/mol. The Kier molecular flexibility index (Phi) is 5.79. The van der Waals surface area contributed by atoms with E-state index in [9.17, 15) is 9.59 Å². The molecule has 1 heterocycles. The van der Waals surface area contributed by atoms with Crippen LogP contribution in [0.15, 0.2) is 33.8 Å². The first kappa shape index (κ1) is 18.2. The summed E-state index contributed by atoms with van der Waals surface area (Å²) in [6.45, 7) is 3.92. The normalized spacial score (nSPS) is 17.3. The van der Waals surface area contributed by atoms with Crippen LogP contribution in [0.3, 0.4) is 0 Å². The summed E-state index contributed by atoms with van der Waals surface area (Å²) in [5.41, 5.74) is 2.35. The summed E-state index contributed by atoms with van der Waals surface area (Å²) in [6.07, 6.45) is 2.45. The molecule has 24 heavy (non-hydrogen) atoms. The van der Waals surface area contributed by atoms with E-state index in [1.807, 2.05) is 6.92 Å². The first-order chi connectivity index (χ1) is 11.4. The Balaban J connectivity index is 2.46. The van der Waals surface area contributed by atoms with Crippen LogP contribution in [0.2, 0.25) is 0 Å². The van der Waals surface area contributed by atoms with Crippen LogP contribution >= 0.6 is 15.9 Å². The van der Waals surface area contributed by atoms with Crippen molar-refractivity contribution in [1.82, 2.24) is 0 Å². The standard InChI is InChI=1S/C18H19BrN2O3/c1-3-4-5-15-11(2)13(9-17(22)23)18(24)21(15)16-7-6-12(10-20)8-14(16)19/h6-8,15H,3-5,9H2,1-2H3,(H,22,23). The molecule has 1 aromatic rings. The molecule has 1 unspecified atom stereocenters. The molecule has 5 nitrogen and oxygen atoms in total. The zero-order valence-electron chi connectivity index (χ0n) is 13.7. The number of hydrogen-bond acceptors (Lipinski definition) is 3. The van der Waals surface area contributed by atoms with E-state index in [4.69, 9.17) is 10.4 Å². The Labute approximate surface area is 149 Å². The Hall–Kier alpha value is -2.13. The van der Waals surface area contributed by atoms with Gasteiger partial charge in [0.25, 0.3) is 5.91 Å². The lowest BCUT2D eigenvalue weighted by atomic mass is 10.00. The third-order valence-corrected chi connectivity index (χ3v) is 4.90. The number of carbonyl (C=O) groups excluding carboxylic acids is 1. The van der Waals surface area contributed by atoms with Gasteiger partial charge in [-0.3, -0.25) is 9.59 Å². The summed E-state index contributed by atoms with van der Waals surface area (Å²) in [5, 5.41) is 18.1. The second kappa shape index (κ2) is 7.63. The van der Waals surface area contributed by atoms with Gasteiger partial charge in [0.15, 0.2) is 0 Å². The topological polar surface area (TPSA) is 81.4 Å². The molecule has 0 spiro atoms. The highest BCUT2D eigenvalue weighted by molar-refractivity contribution is 9.10. The summed E-state index contributed by atoms with van der Waals surface area (Å²) in [5.74, 6) is -1.27. The monoisotopic (exact) mass is 390 g/mol. The van der Waals surface area contributed by atoms with Crippen molar-refractivity contribution < 1.29 is 14.7 Å². The van der Waals surface area contributed by atoms with Crippen LogP contribution in [0, 0.1) is 11.3 Å². The molecule has 0 saturated heterocycles. The quantitative estimate of drug-likeness (QED) is 0.794. The molecule has 0 radical (unpaired) electrons. The molecule has 0 aliphatic carbocycles. The van der Waals surface area contributed by atoms with Crippen molar-refractivity contribution in [3.05, 3.63) is 39.4 Å². The fourth-order valence-electron chi connectivity index (χ4n) is 3.01. The second-order valence-corrected chi connectivity index (χ2v) is 6.70. The van der Waals surface area contributed by atoms with Crippen LogP contribution in [0.4, 0.5) is 5.69 Å². The van der Waals surface area contributed by atoms with Gasteiger partial charge in [-0.05, 0) is 53.0 Å². The summed E-state index contributed by atoms with van der Waals surface area (Å²) < 4.78 is 0.653. The largest absolute Gasteiger partial charge is 0.481 e. The number of carboxylic acids is 1. The summed E-state index contributed by atoms with van der Waals surface area (Å²) >= 11 is 3.43. The zero-order chi connectivity index (χ0) is 17.9. The van der Waals surface area contributed by atoms with Crippen LogP contribution in [0.25, 0.3) is 0 Å². The van der Waals surface area contributed by atoms with Gasteiger partial charge in [-0.15, -0.1) is 0 Å². The predicted octanol–water partition coefficient (Wildman–Crippen LogP) is 4.02. The molecule has 1 aliphatic heterocycles. The fraction of sp³-hybridized carbons (Fsp3) is 0.389. The van der Waals surface area contributed by atoms with E-state index in [0.717, 1.165) is 24.8 Å². The number of carbonyl (C=O) groups is 2. The van der Waals surface area contributed by atoms with Gasteiger partial charge >= 0.3 is 5.97 Å². The van der Waals surface area contributed by atoms with Gasteiger partial charge < -0.3 is 10.0 Å². The Morgan fingerprint density at radius 1 is 1.46 bits per heavy atom. The van der Waals surface area contributed by atoms with E-state index in [0.29, 0.717) is 21.3 Å². The number of hydrogen-bond donors (Lipinski definition) is 1. The third-order valence-electron chi connectivity index (χ3n) is 4.26. The van der Waals surface area contributed by atoms with Gasteiger partial charge in [-0.2, -0.15) is 5.26 Å². The number of unbranched alkanes of at least 4 members (excludes halogenated alkanes) is 1. The summed E-state index contributed by atoms with van der Waals surface area (Å²) in [7, 11) is 0. The summed E-state index contributed by atoms with van der Waals surface area (Å²) in [4.78, 5) is 25.6. The lowest BCUT2D eigenvalue weighted by Crippen LogP contribution is -2.36. The van der Waals surface area contributed by atoms with Crippen LogP contribution in [0.1, 0.15) is 45.1 Å². The van der Waals surface area contributed by atoms with Crippen molar-refractivity contribution in [2.45, 2.75) is 45.6 Å². The van der Waals surface area contributed by atoms with E-state index in [1.165, 1.54) is 0 Å². The lowest BCUT2D eigenvalue weighted by Gasteiger charge is -2.27. The Bertz CT molecular complexity index is 749. The van der Waals surface area contributed by atoms with Gasteiger partial charge in [0, 0.05) is 10.0 Å². The average Bonchev–Trinajstić information content (AvgIpc) is 2.76. The molecule has 1 amide bonds. The highest BCUT2D eigenvalue weighted by Gasteiger charge is 2.38. The van der Waals surface area contributed by atoms with Crippen molar-refractivity contribution in [1.29, 1.82) is 5.26 Å².